The maximum atomic E-state index is 14.6. The Balaban J connectivity index is 1.38. The molecule has 0 radical (unpaired) electrons. The second-order valence-electron chi connectivity index (χ2n) is 7.15. The van der Waals surface area contributed by atoms with Crippen LogP contribution in [-0.2, 0) is 0 Å². The van der Waals surface area contributed by atoms with E-state index in [9.17, 15) is 4.39 Å². The van der Waals surface area contributed by atoms with E-state index in [2.05, 4.69) is 22.0 Å². The Kier molecular flexibility index (Phi) is 3.44. The van der Waals surface area contributed by atoms with Gasteiger partial charge in [0.25, 0.3) is 0 Å². The van der Waals surface area contributed by atoms with E-state index in [0.717, 1.165) is 41.6 Å². The fourth-order valence-corrected chi connectivity index (χ4v) is 4.25. The van der Waals surface area contributed by atoms with Gasteiger partial charge >= 0.3 is 0 Å². The van der Waals surface area contributed by atoms with E-state index in [1.807, 2.05) is 30.3 Å². The van der Waals surface area contributed by atoms with Crippen molar-refractivity contribution in [2.75, 3.05) is 19.7 Å². The maximum absolute atomic E-state index is 14.6. The number of aromatic nitrogens is 1. The van der Waals surface area contributed by atoms with Gasteiger partial charge in [0, 0.05) is 41.1 Å². The Labute approximate surface area is 146 Å². The average molecular weight is 336 g/mol. The molecule has 2 bridgehead atoms. The smallest absolute Gasteiger partial charge is 0.156 e. The maximum Gasteiger partial charge on any atom is 0.156 e. The summed E-state index contributed by atoms with van der Waals surface area (Å²) < 4.78 is 20.4. The molecule has 3 fully saturated rings. The monoisotopic (exact) mass is 336 g/mol. The zero-order valence-corrected chi connectivity index (χ0v) is 14.1. The second kappa shape index (κ2) is 5.80. The number of piperidine rings is 3. The standard InChI is InChI=1S/C21H21FN2O/c22-18(21-11-14-7-9-24(21)10-8-14)13-25-15-5-6-17-16-3-1-2-4-19(16)23-20(17)12-15/h1-6,12,14,23H,7-11,13H2. The first kappa shape index (κ1) is 14.8. The van der Waals surface area contributed by atoms with E-state index in [0.29, 0.717) is 11.7 Å². The van der Waals surface area contributed by atoms with Crippen molar-refractivity contribution >= 4 is 21.8 Å². The lowest BCUT2D eigenvalue weighted by atomic mass is 9.86. The van der Waals surface area contributed by atoms with Crippen molar-refractivity contribution in [3.8, 4) is 5.75 Å². The van der Waals surface area contributed by atoms with Crippen molar-refractivity contribution in [3.05, 3.63) is 54.0 Å². The summed E-state index contributed by atoms with van der Waals surface area (Å²) in [5.74, 6) is 1.25. The summed E-state index contributed by atoms with van der Waals surface area (Å²) in [5, 5.41) is 2.36. The largest absolute Gasteiger partial charge is 0.486 e. The molecule has 3 saturated heterocycles. The lowest BCUT2D eigenvalue weighted by molar-refractivity contribution is 0.149. The number of H-pyrrole nitrogens is 1. The number of para-hydroxylation sites is 1. The lowest BCUT2D eigenvalue weighted by Crippen LogP contribution is -2.40. The van der Waals surface area contributed by atoms with Gasteiger partial charge in [0.2, 0.25) is 0 Å². The summed E-state index contributed by atoms with van der Waals surface area (Å²) in [6.07, 6.45) is 3.28. The van der Waals surface area contributed by atoms with Gasteiger partial charge in [-0.15, -0.1) is 0 Å². The molecule has 0 unspecified atom stereocenters. The molecule has 1 aromatic heterocycles. The number of aromatic amines is 1. The molecule has 4 heterocycles. The first-order valence-electron chi connectivity index (χ1n) is 9.04. The molecule has 3 nitrogen and oxygen atoms in total. The molecule has 0 saturated carbocycles. The van der Waals surface area contributed by atoms with Crippen LogP contribution in [0.3, 0.4) is 0 Å². The van der Waals surface area contributed by atoms with Crippen LogP contribution in [0.25, 0.3) is 21.8 Å². The van der Waals surface area contributed by atoms with Crippen LogP contribution in [0.5, 0.6) is 5.75 Å². The van der Waals surface area contributed by atoms with E-state index in [1.165, 1.54) is 18.2 Å². The van der Waals surface area contributed by atoms with Gasteiger partial charge in [-0.2, -0.15) is 0 Å². The van der Waals surface area contributed by atoms with Gasteiger partial charge in [0.05, 0.1) is 5.52 Å². The quantitative estimate of drug-likeness (QED) is 0.729. The Morgan fingerprint density at radius 2 is 1.88 bits per heavy atom. The van der Waals surface area contributed by atoms with Crippen LogP contribution in [-0.4, -0.2) is 29.6 Å². The number of rotatable bonds is 3. The minimum absolute atomic E-state index is 0.0181. The summed E-state index contributed by atoms with van der Waals surface area (Å²) in [5.41, 5.74) is 3.00. The van der Waals surface area contributed by atoms with E-state index in [1.54, 1.807) is 0 Å². The molecular formula is C21H21FN2O. The first-order valence-corrected chi connectivity index (χ1v) is 9.04. The van der Waals surface area contributed by atoms with Gasteiger partial charge in [-0.3, -0.25) is 0 Å². The molecule has 3 aromatic rings. The summed E-state index contributed by atoms with van der Waals surface area (Å²) >= 11 is 0. The van der Waals surface area contributed by atoms with Gasteiger partial charge in [-0.25, -0.2) is 4.39 Å². The topological polar surface area (TPSA) is 28.3 Å². The van der Waals surface area contributed by atoms with Crippen LogP contribution in [0.1, 0.15) is 19.3 Å². The Bertz CT molecular complexity index is 966. The van der Waals surface area contributed by atoms with Gasteiger partial charge in [-0.1, -0.05) is 18.2 Å². The Hall–Kier alpha value is -2.49. The van der Waals surface area contributed by atoms with Gasteiger partial charge < -0.3 is 14.6 Å². The lowest BCUT2D eigenvalue weighted by Gasteiger charge is -2.42. The highest BCUT2D eigenvalue weighted by Crippen LogP contribution is 2.36. The first-order chi connectivity index (χ1) is 12.3. The van der Waals surface area contributed by atoms with Crippen LogP contribution >= 0.6 is 0 Å². The van der Waals surface area contributed by atoms with E-state index < -0.39 is 0 Å². The van der Waals surface area contributed by atoms with E-state index in [4.69, 9.17) is 4.74 Å². The van der Waals surface area contributed by atoms with Crippen LogP contribution < -0.4 is 4.74 Å². The van der Waals surface area contributed by atoms with Crippen molar-refractivity contribution in [3.63, 3.8) is 0 Å². The number of hydrogen-bond donors (Lipinski definition) is 1. The minimum Gasteiger partial charge on any atom is -0.486 e. The van der Waals surface area contributed by atoms with Crippen molar-refractivity contribution < 1.29 is 9.13 Å². The number of nitrogens with one attached hydrogen (secondary N) is 1. The van der Waals surface area contributed by atoms with E-state index in [-0.39, 0.29) is 12.4 Å². The fourth-order valence-electron chi connectivity index (χ4n) is 4.25. The van der Waals surface area contributed by atoms with Crippen molar-refractivity contribution in [2.45, 2.75) is 19.3 Å². The SMILES string of the molecule is FC(COc1ccc2c(c1)[nH]c1ccccc12)=C1CC2CCN1CC2. The highest BCUT2D eigenvalue weighted by molar-refractivity contribution is 6.07. The van der Waals surface area contributed by atoms with Crippen molar-refractivity contribution in [1.82, 2.24) is 9.88 Å². The third-order valence-electron chi connectivity index (χ3n) is 5.63. The molecule has 1 N–H and O–H groups in total. The number of allylic oxidation sites excluding steroid dienone is 1. The summed E-state index contributed by atoms with van der Waals surface area (Å²) in [6.45, 7) is 2.01. The molecule has 4 heteroatoms. The molecule has 25 heavy (non-hydrogen) atoms. The third-order valence-corrected chi connectivity index (χ3v) is 5.63. The zero-order chi connectivity index (χ0) is 16.8. The highest BCUT2D eigenvalue weighted by Gasteiger charge is 2.31. The third kappa shape index (κ3) is 2.56. The number of halogens is 1. The fraction of sp³-hybridized carbons (Fsp3) is 0.333. The normalized spacial score (nSPS) is 19.8. The molecule has 128 valence electrons. The molecule has 0 aliphatic carbocycles. The zero-order valence-electron chi connectivity index (χ0n) is 14.1. The van der Waals surface area contributed by atoms with Gasteiger partial charge in [-0.05, 0) is 43.4 Å². The molecule has 3 aliphatic heterocycles. The van der Waals surface area contributed by atoms with Crippen LogP contribution in [0, 0.1) is 5.92 Å². The Morgan fingerprint density at radius 1 is 1.08 bits per heavy atom. The molecule has 0 spiro atoms. The van der Waals surface area contributed by atoms with E-state index >= 15 is 0 Å². The number of hydrogen-bond acceptors (Lipinski definition) is 2. The molecule has 0 amide bonds. The number of benzene rings is 2. The number of fused-ring (bicyclic) bond motifs is 6. The van der Waals surface area contributed by atoms with Gasteiger partial charge in [0.15, 0.2) is 5.83 Å². The average Bonchev–Trinajstić information content (AvgIpc) is 3.04. The summed E-state index contributed by atoms with van der Waals surface area (Å²) in [7, 11) is 0. The second-order valence-corrected chi connectivity index (χ2v) is 7.15. The molecular weight excluding hydrogens is 315 g/mol. The predicted octanol–water partition coefficient (Wildman–Crippen LogP) is 5.00. The van der Waals surface area contributed by atoms with Gasteiger partial charge in [0.1, 0.15) is 12.4 Å². The van der Waals surface area contributed by atoms with Crippen molar-refractivity contribution in [2.24, 2.45) is 5.92 Å². The van der Waals surface area contributed by atoms with Crippen LogP contribution in [0.2, 0.25) is 0 Å². The number of ether oxygens (including phenoxy) is 1. The molecule has 3 aliphatic rings. The van der Waals surface area contributed by atoms with Crippen LogP contribution in [0.15, 0.2) is 54.0 Å². The highest BCUT2D eigenvalue weighted by atomic mass is 19.1. The molecule has 6 rings (SSSR count). The predicted molar refractivity (Wildman–Crippen MR) is 98.3 cm³/mol. The van der Waals surface area contributed by atoms with Crippen LogP contribution in [0.4, 0.5) is 4.39 Å². The number of nitrogens with zero attached hydrogens (tertiary/aromatic N) is 1. The molecule has 0 atom stereocenters. The molecule has 2 aromatic carbocycles. The summed E-state index contributed by atoms with van der Waals surface area (Å²) in [6, 6.07) is 14.1. The minimum atomic E-state index is -0.110. The summed E-state index contributed by atoms with van der Waals surface area (Å²) in [4.78, 5) is 5.59. The Morgan fingerprint density at radius 3 is 2.68 bits per heavy atom. The van der Waals surface area contributed by atoms with Crippen molar-refractivity contribution in [1.29, 1.82) is 0 Å².